The lowest BCUT2D eigenvalue weighted by Crippen LogP contribution is -2.40. The van der Waals surface area contributed by atoms with Crippen molar-refractivity contribution in [2.45, 2.75) is 57.7 Å². The number of ether oxygens (including phenoxy) is 1. The summed E-state index contributed by atoms with van der Waals surface area (Å²) in [5, 5.41) is 0.784. The molecule has 0 saturated carbocycles. The molecule has 1 saturated heterocycles. The van der Waals surface area contributed by atoms with Crippen LogP contribution in [0.4, 0.5) is 0 Å². The molecule has 3 aliphatic rings. The van der Waals surface area contributed by atoms with Crippen molar-refractivity contribution in [3.63, 3.8) is 0 Å². The van der Waals surface area contributed by atoms with E-state index in [4.69, 9.17) is 9.72 Å². The standard InChI is InChI=1S/C21H28N4O3S/c1-21(2)11-16(26)24-7-4-5-14(24)18-22-19-17(20(27)25(18)21)13-6-8-23(9-10-28-3)12-15(13)29-19/h14H,4-12H2,1-3H3. The first-order valence-electron chi connectivity index (χ1n) is 10.5. The van der Waals surface area contributed by atoms with E-state index in [1.54, 1.807) is 18.4 Å². The molecular formula is C21H28N4O3S. The van der Waals surface area contributed by atoms with Crippen molar-refractivity contribution in [2.24, 2.45) is 0 Å². The summed E-state index contributed by atoms with van der Waals surface area (Å²) < 4.78 is 7.08. The van der Waals surface area contributed by atoms with Crippen molar-refractivity contribution in [1.29, 1.82) is 0 Å². The number of methoxy groups -OCH3 is 1. The smallest absolute Gasteiger partial charge is 0.263 e. The Morgan fingerprint density at radius 2 is 2.10 bits per heavy atom. The van der Waals surface area contributed by atoms with Crippen molar-refractivity contribution in [3.8, 4) is 0 Å². The third-order valence-corrected chi connectivity index (χ3v) is 7.76. The molecule has 2 aromatic heterocycles. The van der Waals surface area contributed by atoms with Gasteiger partial charge in [-0.25, -0.2) is 4.98 Å². The maximum atomic E-state index is 13.8. The molecule has 5 heterocycles. The fourth-order valence-corrected chi connectivity index (χ4v) is 6.47. The highest BCUT2D eigenvalue weighted by Crippen LogP contribution is 2.40. The number of hydrogen-bond acceptors (Lipinski definition) is 6. The van der Waals surface area contributed by atoms with Crippen LogP contribution < -0.4 is 5.56 Å². The van der Waals surface area contributed by atoms with Gasteiger partial charge in [0.05, 0.1) is 30.0 Å². The largest absolute Gasteiger partial charge is 0.383 e. The summed E-state index contributed by atoms with van der Waals surface area (Å²) in [6.45, 7) is 8.17. The second kappa shape index (κ2) is 6.89. The minimum Gasteiger partial charge on any atom is -0.383 e. The Hall–Kier alpha value is -1.77. The van der Waals surface area contributed by atoms with Gasteiger partial charge in [-0.3, -0.25) is 19.1 Å². The number of aromatic nitrogens is 2. The highest BCUT2D eigenvalue weighted by molar-refractivity contribution is 7.18. The van der Waals surface area contributed by atoms with Gasteiger partial charge in [0.1, 0.15) is 10.7 Å². The van der Waals surface area contributed by atoms with Crippen LogP contribution in [0.15, 0.2) is 4.79 Å². The van der Waals surface area contributed by atoms with Crippen molar-refractivity contribution in [1.82, 2.24) is 19.4 Å². The van der Waals surface area contributed by atoms with E-state index in [0.717, 1.165) is 68.1 Å². The quantitative estimate of drug-likeness (QED) is 0.768. The molecule has 0 radical (unpaired) electrons. The van der Waals surface area contributed by atoms with E-state index in [-0.39, 0.29) is 17.5 Å². The van der Waals surface area contributed by atoms with Crippen LogP contribution in [0.25, 0.3) is 10.2 Å². The van der Waals surface area contributed by atoms with Gasteiger partial charge in [0.25, 0.3) is 5.56 Å². The summed E-state index contributed by atoms with van der Waals surface area (Å²) >= 11 is 1.66. The fraction of sp³-hybridized carbons (Fsp3) is 0.667. The van der Waals surface area contributed by atoms with Crippen molar-refractivity contribution in [2.75, 3.05) is 33.4 Å². The lowest BCUT2D eigenvalue weighted by molar-refractivity contribution is -0.133. The predicted molar refractivity (Wildman–Crippen MR) is 112 cm³/mol. The van der Waals surface area contributed by atoms with Crippen LogP contribution in [-0.4, -0.2) is 58.6 Å². The maximum absolute atomic E-state index is 13.8. The van der Waals surface area contributed by atoms with Crippen LogP contribution in [-0.2, 0) is 28.0 Å². The van der Waals surface area contributed by atoms with Gasteiger partial charge in [0, 0.05) is 38.2 Å². The van der Waals surface area contributed by atoms with Gasteiger partial charge in [-0.1, -0.05) is 0 Å². The average Bonchev–Trinajstić information content (AvgIpc) is 3.27. The third kappa shape index (κ3) is 2.95. The molecule has 0 bridgehead atoms. The Morgan fingerprint density at radius 3 is 2.90 bits per heavy atom. The summed E-state index contributed by atoms with van der Waals surface area (Å²) in [5.74, 6) is 0.923. The minimum atomic E-state index is -0.566. The normalized spacial score (nSPS) is 23.8. The van der Waals surface area contributed by atoms with Crippen LogP contribution in [0.2, 0.25) is 0 Å². The van der Waals surface area contributed by atoms with Crippen molar-refractivity contribution < 1.29 is 9.53 Å². The maximum Gasteiger partial charge on any atom is 0.263 e. The van der Waals surface area contributed by atoms with E-state index in [9.17, 15) is 9.59 Å². The topological polar surface area (TPSA) is 67.7 Å². The van der Waals surface area contributed by atoms with E-state index in [1.165, 1.54) is 10.4 Å². The van der Waals surface area contributed by atoms with Crippen LogP contribution in [0.3, 0.4) is 0 Å². The Kier molecular flexibility index (Phi) is 4.56. The molecule has 7 nitrogen and oxygen atoms in total. The molecule has 3 aliphatic heterocycles. The Bertz CT molecular complexity index is 1040. The Labute approximate surface area is 174 Å². The van der Waals surface area contributed by atoms with Crippen LogP contribution >= 0.6 is 11.3 Å². The van der Waals surface area contributed by atoms with Crippen LogP contribution in [0.5, 0.6) is 0 Å². The Morgan fingerprint density at radius 1 is 1.28 bits per heavy atom. The monoisotopic (exact) mass is 416 g/mol. The molecule has 8 heteroatoms. The molecule has 5 rings (SSSR count). The van der Waals surface area contributed by atoms with E-state index >= 15 is 0 Å². The van der Waals surface area contributed by atoms with Crippen molar-refractivity contribution in [3.05, 3.63) is 26.6 Å². The SMILES string of the molecule is COCCN1CCc2c(sc3nc4n(c(=O)c23)C(C)(C)CC(=O)N2CCCC42)C1. The lowest BCUT2D eigenvalue weighted by Gasteiger charge is -2.28. The first kappa shape index (κ1) is 19.2. The first-order valence-corrected chi connectivity index (χ1v) is 11.3. The molecule has 1 unspecified atom stereocenters. The van der Waals surface area contributed by atoms with Crippen LogP contribution in [0, 0.1) is 0 Å². The molecular weight excluding hydrogens is 388 g/mol. The van der Waals surface area contributed by atoms with Gasteiger partial charge >= 0.3 is 0 Å². The number of thiophene rings is 1. The minimum absolute atomic E-state index is 0.0411. The van der Waals surface area contributed by atoms with E-state index in [0.29, 0.717) is 6.42 Å². The van der Waals surface area contributed by atoms with Gasteiger partial charge < -0.3 is 9.64 Å². The summed E-state index contributed by atoms with van der Waals surface area (Å²) in [6.07, 6.45) is 3.07. The Balaban J connectivity index is 1.67. The molecule has 0 N–H and O–H groups in total. The lowest BCUT2D eigenvalue weighted by atomic mass is 9.98. The molecule has 0 aliphatic carbocycles. The number of carbonyl (C=O) groups excluding carboxylic acids is 1. The van der Waals surface area contributed by atoms with Gasteiger partial charge in [0.2, 0.25) is 5.91 Å². The highest BCUT2D eigenvalue weighted by atomic mass is 32.1. The van der Waals surface area contributed by atoms with E-state index in [2.05, 4.69) is 4.90 Å². The molecule has 1 fully saturated rings. The van der Waals surface area contributed by atoms with E-state index < -0.39 is 5.54 Å². The summed E-state index contributed by atoms with van der Waals surface area (Å²) in [4.78, 5) is 38.1. The molecule has 2 aromatic rings. The second-order valence-corrected chi connectivity index (χ2v) is 10.1. The number of amides is 1. The molecule has 1 amide bonds. The number of nitrogens with zero attached hydrogens (tertiary/aromatic N) is 4. The third-order valence-electron chi connectivity index (χ3n) is 6.65. The second-order valence-electron chi connectivity index (χ2n) is 9.05. The molecule has 0 spiro atoms. The fourth-order valence-electron chi connectivity index (χ4n) is 5.22. The number of hydrogen-bond donors (Lipinski definition) is 0. The van der Waals surface area contributed by atoms with Gasteiger partial charge in [-0.2, -0.15) is 0 Å². The summed E-state index contributed by atoms with van der Waals surface area (Å²) in [5.41, 5.74) is 0.642. The number of fused-ring (bicyclic) bond motifs is 6. The zero-order valence-electron chi connectivity index (χ0n) is 17.4. The van der Waals surface area contributed by atoms with Crippen LogP contribution in [0.1, 0.15) is 55.4 Å². The molecule has 156 valence electrons. The summed E-state index contributed by atoms with van der Waals surface area (Å²) in [7, 11) is 1.73. The van der Waals surface area contributed by atoms with E-state index in [1.807, 2.05) is 23.3 Å². The van der Waals surface area contributed by atoms with Gasteiger partial charge in [-0.05, 0) is 38.7 Å². The molecule has 1 atom stereocenters. The van der Waals surface area contributed by atoms with Gasteiger partial charge in [-0.15, -0.1) is 11.3 Å². The number of carbonyl (C=O) groups is 1. The zero-order chi connectivity index (χ0) is 20.3. The highest BCUT2D eigenvalue weighted by Gasteiger charge is 2.43. The van der Waals surface area contributed by atoms with Gasteiger partial charge in [0.15, 0.2) is 0 Å². The molecule has 29 heavy (non-hydrogen) atoms. The first-order chi connectivity index (χ1) is 13.9. The number of rotatable bonds is 3. The zero-order valence-corrected chi connectivity index (χ0v) is 18.2. The summed E-state index contributed by atoms with van der Waals surface area (Å²) in [6, 6.07) is -0.0706. The molecule has 0 aromatic carbocycles. The average molecular weight is 417 g/mol. The van der Waals surface area contributed by atoms with Crippen molar-refractivity contribution >= 4 is 27.5 Å². The predicted octanol–water partition coefficient (Wildman–Crippen LogP) is 2.26.